The first-order chi connectivity index (χ1) is 15.4. The van der Waals surface area contributed by atoms with E-state index >= 15 is 0 Å². The first kappa shape index (κ1) is 20.5. The topological polar surface area (TPSA) is 82.0 Å². The van der Waals surface area contributed by atoms with E-state index < -0.39 is 0 Å². The first-order valence-corrected chi connectivity index (χ1v) is 11.0. The van der Waals surface area contributed by atoms with Gasteiger partial charge in [0, 0.05) is 30.1 Å². The minimum Gasteiger partial charge on any atom is -0.380 e. The molecule has 1 amide bonds. The number of carbonyl (C=O) groups excluding carboxylic acids is 1. The van der Waals surface area contributed by atoms with Gasteiger partial charge in [0.2, 0.25) is 0 Å². The van der Waals surface area contributed by atoms with Gasteiger partial charge >= 0.3 is 0 Å². The number of nitrogens with zero attached hydrogens (tertiary/aromatic N) is 3. The van der Waals surface area contributed by atoms with Crippen molar-refractivity contribution in [3.8, 4) is 17.3 Å². The van der Waals surface area contributed by atoms with Crippen molar-refractivity contribution in [3.05, 3.63) is 75.7 Å². The molecule has 0 bridgehead atoms. The maximum absolute atomic E-state index is 13.3. The molecule has 6 nitrogen and oxygen atoms in total. The summed E-state index contributed by atoms with van der Waals surface area (Å²) in [5.41, 5.74) is 7.65. The highest BCUT2D eigenvalue weighted by atomic mass is 16.5. The molecule has 3 heterocycles. The molecule has 0 aliphatic carbocycles. The molecule has 2 saturated heterocycles. The Morgan fingerprint density at radius 1 is 1.09 bits per heavy atom. The monoisotopic (exact) mass is 426 g/mol. The fourth-order valence-corrected chi connectivity index (χ4v) is 4.54. The number of benzene rings is 2. The SMILES string of the molecule is Cc1cc(C)c(-c2[nH]c(C3COC3)nc2C)cc1C(=O)N1CC(c2ccc(C#N)cc2)C1. The number of aryl methyl sites for hydroxylation is 3. The molecule has 2 fully saturated rings. The fourth-order valence-electron chi connectivity index (χ4n) is 4.54. The third kappa shape index (κ3) is 3.49. The van der Waals surface area contributed by atoms with Crippen LogP contribution in [0.25, 0.3) is 11.3 Å². The van der Waals surface area contributed by atoms with Gasteiger partial charge in [-0.25, -0.2) is 4.98 Å². The maximum Gasteiger partial charge on any atom is 0.254 e. The van der Waals surface area contributed by atoms with Crippen LogP contribution in [0.1, 0.15) is 56.0 Å². The predicted octanol–water partition coefficient (Wildman–Crippen LogP) is 4.23. The summed E-state index contributed by atoms with van der Waals surface area (Å²) in [6.45, 7) is 8.89. The predicted molar refractivity (Wildman–Crippen MR) is 122 cm³/mol. The minimum atomic E-state index is 0.0680. The molecule has 0 atom stereocenters. The molecule has 32 heavy (non-hydrogen) atoms. The van der Waals surface area contributed by atoms with Crippen LogP contribution in [0, 0.1) is 32.1 Å². The van der Waals surface area contributed by atoms with Crippen LogP contribution in [0.3, 0.4) is 0 Å². The van der Waals surface area contributed by atoms with E-state index in [0.717, 1.165) is 39.5 Å². The zero-order chi connectivity index (χ0) is 22.4. The second kappa shape index (κ2) is 7.92. The standard InChI is InChI=1S/C26H26N4O2/c1-15-8-16(2)23(9-22(15)24-17(3)28-25(29-24)21-13-32-14-21)26(31)30-11-20(12-30)19-6-4-18(10-27)5-7-19/h4-9,20-21H,11-14H2,1-3H3,(H,28,29). The number of nitrogens with one attached hydrogen (secondary N) is 1. The van der Waals surface area contributed by atoms with Crippen LogP contribution in [-0.4, -0.2) is 47.1 Å². The Labute approximate surface area is 187 Å². The maximum atomic E-state index is 13.3. The van der Waals surface area contributed by atoms with Crippen molar-refractivity contribution in [3.63, 3.8) is 0 Å². The third-order valence-electron chi connectivity index (χ3n) is 6.68. The average molecular weight is 427 g/mol. The van der Waals surface area contributed by atoms with E-state index in [9.17, 15) is 4.79 Å². The molecule has 2 aliphatic rings. The molecule has 3 aromatic rings. The van der Waals surface area contributed by atoms with Crippen LogP contribution >= 0.6 is 0 Å². The van der Waals surface area contributed by atoms with Gasteiger partial charge < -0.3 is 14.6 Å². The number of carbonyl (C=O) groups is 1. The quantitative estimate of drug-likeness (QED) is 0.677. The van der Waals surface area contributed by atoms with Crippen LogP contribution in [0.15, 0.2) is 36.4 Å². The van der Waals surface area contributed by atoms with Gasteiger partial charge in [0.15, 0.2) is 0 Å². The van der Waals surface area contributed by atoms with E-state index in [1.54, 1.807) is 0 Å². The van der Waals surface area contributed by atoms with E-state index in [4.69, 9.17) is 15.0 Å². The normalized spacial score (nSPS) is 16.4. The van der Waals surface area contributed by atoms with Crippen molar-refractivity contribution in [1.29, 1.82) is 5.26 Å². The first-order valence-electron chi connectivity index (χ1n) is 11.0. The number of amides is 1. The van der Waals surface area contributed by atoms with E-state index in [1.165, 1.54) is 5.56 Å². The van der Waals surface area contributed by atoms with E-state index in [-0.39, 0.29) is 5.91 Å². The molecule has 0 unspecified atom stereocenters. The third-order valence-corrected chi connectivity index (χ3v) is 6.68. The summed E-state index contributed by atoms with van der Waals surface area (Å²) in [7, 11) is 0. The summed E-state index contributed by atoms with van der Waals surface area (Å²) in [5, 5.41) is 8.98. The molecule has 0 saturated carbocycles. The van der Waals surface area contributed by atoms with Gasteiger partial charge in [-0.2, -0.15) is 5.26 Å². The second-order valence-corrected chi connectivity index (χ2v) is 8.94. The van der Waals surface area contributed by atoms with Crippen LogP contribution in [0.4, 0.5) is 0 Å². The Morgan fingerprint density at radius 2 is 1.81 bits per heavy atom. The van der Waals surface area contributed by atoms with Crippen LogP contribution < -0.4 is 0 Å². The zero-order valence-corrected chi connectivity index (χ0v) is 18.6. The summed E-state index contributed by atoms with van der Waals surface area (Å²) < 4.78 is 5.31. The van der Waals surface area contributed by atoms with Crippen molar-refractivity contribution in [2.45, 2.75) is 32.6 Å². The van der Waals surface area contributed by atoms with Crippen LogP contribution in [0.5, 0.6) is 0 Å². The molecule has 2 aromatic carbocycles. The fraction of sp³-hybridized carbons (Fsp3) is 0.346. The molecule has 2 aliphatic heterocycles. The molecule has 6 heteroatoms. The lowest BCUT2D eigenvalue weighted by molar-refractivity contribution is 0.00518. The zero-order valence-electron chi connectivity index (χ0n) is 18.6. The van der Waals surface area contributed by atoms with Gasteiger partial charge in [-0.05, 0) is 55.7 Å². The number of aromatic nitrogens is 2. The van der Waals surface area contributed by atoms with Gasteiger partial charge in [0.25, 0.3) is 5.91 Å². The Balaban J connectivity index is 1.37. The second-order valence-electron chi connectivity index (χ2n) is 8.94. The molecule has 1 N–H and O–H groups in total. The Hall–Kier alpha value is -3.43. The minimum absolute atomic E-state index is 0.0680. The van der Waals surface area contributed by atoms with Gasteiger partial charge in [0.1, 0.15) is 5.82 Å². The van der Waals surface area contributed by atoms with Crippen molar-refractivity contribution in [2.75, 3.05) is 26.3 Å². The lowest BCUT2D eigenvalue weighted by Crippen LogP contribution is -2.48. The van der Waals surface area contributed by atoms with Crippen LogP contribution in [-0.2, 0) is 4.74 Å². The summed E-state index contributed by atoms with van der Waals surface area (Å²) >= 11 is 0. The summed E-state index contributed by atoms with van der Waals surface area (Å²) in [6.07, 6.45) is 0. The van der Waals surface area contributed by atoms with Crippen molar-refractivity contribution in [2.24, 2.45) is 0 Å². The van der Waals surface area contributed by atoms with Crippen molar-refractivity contribution in [1.82, 2.24) is 14.9 Å². The van der Waals surface area contributed by atoms with E-state index in [2.05, 4.69) is 24.0 Å². The highest BCUT2D eigenvalue weighted by Crippen LogP contribution is 2.33. The summed E-state index contributed by atoms with van der Waals surface area (Å²) in [4.78, 5) is 23.4. The number of imidazole rings is 1. The van der Waals surface area contributed by atoms with Gasteiger partial charge in [-0.15, -0.1) is 0 Å². The Bertz CT molecular complexity index is 1230. The highest BCUT2D eigenvalue weighted by Gasteiger charge is 2.33. The lowest BCUT2D eigenvalue weighted by atomic mass is 9.89. The molecule has 5 rings (SSSR count). The largest absolute Gasteiger partial charge is 0.380 e. The van der Waals surface area contributed by atoms with Crippen molar-refractivity contribution < 1.29 is 9.53 Å². The number of hydrogen-bond acceptors (Lipinski definition) is 4. The lowest BCUT2D eigenvalue weighted by Gasteiger charge is -2.40. The number of hydrogen-bond donors (Lipinski definition) is 1. The Morgan fingerprint density at radius 3 is 2.44 bits per heavy atom. The molecule has 0 spiro atoms. The number of rotatable bonds is 4. The van der Waals surface area contributed by atoms with Gasteiger partial charge in [-0.1, -0.05) is 18.2 Å². The number of ether oxygens (including phenoxy) is 1. The summed E-state index contributed by atoms with van der Waals surface area (Å²) in [5.74, 6) is 1.68. The van der Waals surface area contributed by atoms with E-state index in [1.807, 2.05) is 49.1 Å². The number of likely N-dealkylation sites (tertiary alicyclic amines) is 1. The molecule has 162 valence electrons. The molecule has 0 radical (unpaired) electrons. The van der Waals surface area contributed by atoms with Crippen molar-refractivity contribution >= 4 is 5.91 Å². The Kier molecular flexibility index (Phi) is 5.07. The molecule has 1 aromatic heterocycles. The number of H-pyrrole nitrogens is 1. The summed E-state index contributed by atoms with van der Waals surface area (Å²) in [6, 6.07) is 13.9. The number of aromatic amines is 1. The molecular formula is C26H26N4O2. The smallest absolute Gasteiger partial charge is 0.254 e. The van der Waals surface area contributed by atoms with Crippen LogP contribution in [0.2, 0.25) is 0 Å². The highest BCUT2D eigenvalue weighted by molar-refractivity contribution is 5.97. The van der Waals surface area contributed by atoms with E-state index in [0.29, 0.717) is 43.7 Å². The average Bonchev–Trinajstić information content (AvgIpc) is 3.06. The molecular weight excluding hydrogens is 400 g/mol. The van der Waals surface area contributed by atoms with Gasteiger partial charge in [0.05, 0.1) is 42.2 Å². The number of nitriles is 1. The van der Waals surface area contributed by atoms with Gasteiger partial charge in [-0.3, -0.25) is 4.79 Å².